The zero-order valence-corrected chi connectivity index (χ0v) is 11.6. The first-order valence-electron chi connectivity index (χ1n) is 6.96. The Labute approximate surface area is 112 Å². The molecule has 3 atom stereocenters. The summed E-state index contributed by atoms with van der Waals surface area (Å²) in [7, 11) is 0. The lowest BCUT2D eigenvalue weighted by atomic mass is 9.69. The van der Waals surface area contributed by atoms with E-state index in [0.717, 1.165) is 25.3 Å². The van der Waals surface area contributed by atoms with E-state index in [9.17, 15) is 13.2 Å². The Balaban J connectivity index is 2.22. The quantitative estimate of drug-likeness (QED) is 0.696. The summed E-state index contributed by atoms with van der Waals surface area (Å²) in [6.07, 6.45) is -1.32. The summed E-state index contributed by atoms with van der Waals surface area (Å²) < 4.78 is 42.9. The SMILES string of the molecule is CC(C)[C@@H]1C[C@@H](C)CC[C@H]1c1ccc(C(F)(F)F)o1. The van der Waals surface area contributed by atoms with Crippen molar-refractivity contribution >= 4 is 0 Å². The highest BCUT2D eigenvalue weighted by atomic mass is 19.4. The highest BCUT2D eigenvalue weighted by Crippen LogP contribution is 2.45. The van der Waals surface area contributed by atoms with Crippen molar-refractivity contribution in [3.05, 3.63) is 23.7 Å². The molecule has 2 rings (SSSR count). The Morgan fingerprint density at radius 3 is 2.42 bits per heavy atom. The molecule has 0 aliphatic heterocycles. The van der Waals surface area contributed by atoms with Gasteiger partial charge in [0.2, 0.25) is 5.76 Å². The highest BCUT2D eigenvalue weighted by Gasteiger charge is 2.38. The number of alkyl halides is 3. The summed E-state index contributed by atoms with van der Waals surface area (Å²) >= 11 is 0. The third-order valence-electron chi connectivity index (χ3n) is 4.29. The van der Waals surface area contributed by atoms with Gasteiger partial charge in [-0.15, -0.1) is 0 Å². The van der Waals surface area contributed by atoms with Gasteiger partial charge in [0.1, 0.15) is 5.76 Å². The van der Waals surface area contributed by atoms with Gasteiger partial charge in [-0.05, 0) is 49.1 Å². The van der Waals surface area contributed by atoms with Gasteiger partial charge in [-0.25, -0.2) is 0 Å². The van der Waals surface area contributed by atoms with Gasteiger partial charge in [0.05, 0.1) is 0 Å². The van der Waals surface area contributed by atoms with E-state index in [1.807, 2.05) is 0 Å². The first kappa shape index (κ1) is 14.5. The molecule has 1 nitrogen and oxygen atoms in total. The predicted octanol–water partition coefficient (Wildman–Crippen LogP) is 5.47. The van der Waals surface area contributed by atoms with Gasteiger partial charge in [-0.3, -0.25) is 0 Å². The van der Waals surface area contributed by atoms with Crippen LogP contribution in [0.2, 0.25) is 0 Å². The first-order chi connectivity index (χ1) is 8.79. The largest absolute Gasteiger partial charge is 0.456 e. The van der Waals surface area contributed by atoms with Crippen LogP contribution in [-0.2, 0) is 6.18 Å². The zero-order valence-electron chi connectivity index (χ0n) is 11.6. The minimum atomic E-state index is -4.38. The van der Waals surface area contributed by atoms with Crippen molar-refractivity contribution < 1.29 is 17.6 Å². The van der Waals surface area contributed by atoms with E-state index in [-0.39, 0.29) is 5.92 Å². The summed E-state index contributed by atoms with van der Waals surface area (Å²) in [6, 6.07) is 2.57. The fourth-order valence-corrected chi connectivity index (χ4v) is 3.22. The summed E-state index contributed by atoms with van der Waals surface area (Å²) in [5.74, 6) is 1.30. The van der Waals surface area contributed by atoms with E-state index in [1.54, 1.807) is 0 Å². The number of hydrogen-bond donors (Lipinski definition) is 0. The van der Waals surface area contributed by atoms with Gasteiger partial charge in [0.25, 0.3) is 0 Å². The molecule has 1 aliphatic carbocycles. The van der Waals surface area contributed by atoms with Crippen molar-refractivity contribution in [3.8, 4) is 0 Å². The maximum Gasteiger partial charge on any atom is 0.449 e. The summed E-state index contributed by atoms with van der Waals surface area (Å²) in [5, 5.41) is 0. The molecule has 0 N–H and O–H groups in total. The van der Waals surface area contributed by atoms with Crippen LogP contribution in [0.4, 0.5) is 13.2 Å². The fourth-order valence-electron chi connectivity index (χ4n) is 3.22. The van der Waals surface area contributed by atoms with Crippen molar-refractivity contribution in [3.63, 3.8) is 0 Å². The Hall–Kier alpha value is -0.930. The third kappa shape index (κ3) is 3.15. The van der Waals surface area contributed by atoms with E-state index in [1.165, 1.54) is 6.07 Å². The second-order valence-electron chi connectivity index (χ2n) is 6.13. The van der Waals surface area contributed by atoms with Gasteiger partial charge in [-0.2, -0.15) is 13.2 Å². The summed E-state index contributed by atoms with van der Waals surface area (Å²) in [6.45, 7) is 6.50. The van der Waals surface area contributed by atoms with Crippen molar-refractivity contribution in [1.29, 1.82) is 0 Å². The van der Waals surface area contributed by atoms with Gasteiger partial charge in [0, 0.05) is 5.92 Å². The number of halogens is 3. The molecular weight excluding hydrogens is 253 g/mol. The van der Waals surface area contributed by atoms with Crippen LogP contribution < -0.4 is 0 Å². The minimum absolute atomic E-state index is 0.132. The average Bonchev–Trinajstić information content (AvgIpc) is 2.77. The molecule has 1 fully saturated rings. The maximum absolute atomic E-state index is 12.6. The van der Waals surface area contributed by atoms with Crippen molar-refractivity contribution in [1.82, 2.24) is 0 Å². The van der Waals surface area contributed by atoms with E-state index in [2.05, 4.69) is 20.8 Å². The molecule has 1 heterocycles. The molecule has 4 heteroatoms. The molecule has 1 aromatic heterocycles. The smallest absolute Gasteiger partial charge is 0.449 e. The molecule has 108 valence electrons. The monoisotopic (exact) mass is 274 g/mol. The molecule has 1 aromatic rings. The Morgan fingerprint density at radius 1 is 1.21 bits per heavy atom. The van der Waals surface area contributed by atoms with Gasteiger partial charge < -0.3 is 4.42 Å². The Bertz CT molecular complexity index is 419. The summed E-state index contributed by atoms with van der Waals surface area (Å²) in [4.78, 5) is 0. The van der Waals surface area contributed by atoms with Gasteiger partial charge in [0.15, 0.2) is 0 Å². The fraction of sp³-hybridized carbons (Fsp3) is 0.733. The van der Waals surface area contributed by atoms with E-state index < -0.39 is 11.9 Å². The lowest BCUT2D eigenvalue weighted by Crippen LogP contribution is -2.26. The average molecular weight is 274 g/mol. The minimum Gasteiger partial charge on any atom is -0.456 e. The zero-order chi connectivity index (χ0) is 14.2. The van der Waals surface area contributed by atoms with Crippen molar-refractivity contribution in [2.75, 3.05) is 0 Å². The molecule has 0 bridgehead atoms. The molecule has 0 unspecified atom stereocenters. The van der Waals surface area contributed by atoms with E-state index in [4.69, 9.17) is 4.42 Å². The van der Waals surface area contributed by atoms with E-state index in [0.29, 0.717) is 23.5 Å². The third-order valence-corrected chi connectivity index (χ3v) is 4.29. The van der Waals surface area contributed by atoms with Crippen LogP contribution in [0.5, 0.6) is 0 Å². The van der Waals surface area contributed by atoms with Crippen LogP contribution >= 0.6 is 0 Å². The molecule has 1 saturated carbocycles. The Morgan fingerprint density at radius 2 is 1.89 bits per heavy atom. The molecule has 1 aliphatic rings. The number of hydrogen-bond acceptors (Lipinski definition) is 1. The van der Waals surface area contributed by atoms with Crippen molar-refractivity contribution in [2.45, 2.75) is 52.1 Å². The molecule has 0 saturated heterocycles. The standard InChI is InChI=1S/C15H21F3O/c1-9(2)12-8-10(3)4-5-11(12)13-6-7-14(19-13)15(16,17)18/h6-7,9-12H,4-5,8H2,1-3H3/t10-,11+,12-/m0/s1. The van der Waals surface area contributed by atoms with Crippen LogP contribution in [0.25, 0.3) is 0 Å². The normalized spacial score (nSPS) is 28.9. The van der Waals surface area contributed by atoms with Crippen molar-refractivity contribution in [2.24, 2.45) is 17.8 Å². The maximum atomic E-state index is 12.6. The second kappa shape index (κ2) is 5.22. The molecular formula is C15H21F3O. The first-order valence-corrected chi connectivity index (χ1v) is 6.96. The van der Waals surface area contributed by atoms with Gasteiger partial charge in [-0.1, -0.05) is 20.8 Å². The van der Waals surface area contributed by atoms with Gasteiger partial charge >= 0.3 is 6.18 Å². The van der Waals surface area contributed by atoms with Crippen LogP contribution in [0, 0.1) is 17.8 Å². The van der Waals surface area contributed by atoms with Crippen LogP contribution in [-0.4, -0.2) is 0 Å². The molecule has 19 heavy (non-hydrogen) atoms. The van der Waals surface area contributed by atoms with Crippen LogP contribution in [0.3, 0.4) is 0 Å². The number of rotatable bonds is 2. The second-order valence-corrected chi connectivity index (χ2v) is 6.13. The highest BCUT2D eigenvalue weighted by molar-refractivity contribution is 5.15. The van der Waals surface area contributed by atoms with E-state index >= 15 is 0 Å². The Kier molecular flexibility index (Phi) is 3.98. The molecule has 0 amide bonds. The topological polar surface area (TPSA) is 13.1 Å². The lowest BCUT2D eigenvalue weighted by molar-refractivity contribution is -0.153. The summed E-state index contributed by atoms with van der Waals surface area (Å²) in [5.41, 5.74) is 0. The van der Waals surface area contributed by atoms with Crippen LogP contribution in [0.1, 0.15) is 57.5 Å². The number of furan rings is 1. The molecule has 0 aromatic carbocycles. The van der Waals surface area contributed by atoms with Crippen LogP contribution in [0.15, 0.2) is 16.5 Å². The predicted molar refractivity (Wildman–Crippen MR) is 67.8 cm³/mol. The molecule has 0 spiro atoms. The molecule has 0 radical (unpaired) electrons. The lowest BCUT2D eigenvalue weighted by Gasteiger charge is -2.36.